The molecule has 2 aromatic rings. The topological polar surface area (TPSA) is 47.0 Å². The normalized spacial score (nSPS) is 11.1. The van der Waals surface area contributed by atoms with E-state index >= 15 is 0 Å². The van der Waals surface area contributed by atoms with Crippen LogP contribution in [0.4, 0.5) is 0 Å². The summed E-state index contributed by atoms with van der Waals surface area (Å²) in [6.45, 7) is 7.43. The van der Waals surface area contributed by atoms with Crippen LogP contribution in [0.25, 0.3) is 0 Å². The van der Waals surface area contributed by atoms with Crippen molar-refractivity contribution in [1.29, 1.82) is 0 Å². The number of aryl methyl sites for hydroxylation is 1. The highest BCUT2D eigenvalue weighted by atomic mass is 35.5. The number of pyridine rings is 1. The zero-order chi connectivity index (χ0) is 15.2. The molecular formula is C15H20ClN3OS. The maximum absolute atomic E-state index is 6.15. The molecule has 0 saturated carbocycles. The zero-order valence-electron chi connectivity index (χ0n) is 12.5. The number of nitrogens with zero attached hydrogens (tertiary/aromatic N) is 2. The fourth-order valence-electron chi connectivity index (χ4n) is 1.78. The molecule has 0 aliphatic rings. The summed E-state index contributed by atoms with van der Waals surface area (Å²) in [4.78, 5) is 9.94. The Morgan fingerprint density at radius 1 is 1.38 bits per heavy atom. The number of aromatic nitrogens is 2. The highest BCUT2D eigenvalue weighted by Crippen LogP contribution is 2.19. The lowest BCUT2D eigenvalue weighted by atomic mass is 10.3. The smallest absolute Gasteiger partial charge is 0.213 e. The van der Waals surface area contributed by atoms with Gasteiger partial charge in [0, 0.05) is 30.0 Å². The van der Waals surface area contributed by atoms with E-state index in [2.05, 4.69) is 29.1 Å². The van der Waals surface area contributed by atoms with Crippen molar-refractivity contribution >= 4 is 22.9 Å². The van der Waals surface area contributed by atoms with Crippen LogP contribution in [0.5, 0.6) is 5.88 Å². The van der Waals surface area contributed by atoms with Crippen LogP contribution < -0.4 is 10.1 Å². The number of hydrogen-bond acceptors (Lipinski definition) is 5. The first-order chi connectivity index (χ1) is 10.1. The van der Waals surface area contributed by atoms with Gasteiger partial charge in [-0.25, -0.2) is 9.97 Å². The molecule has 0 aromatic carbocycles. The van der Waals surface area contributed by atoms with Gasteiger partial charge >= 0.3 is 0 Å². The van der Waals surface area contributed by atoms with Crippen LogP contribution in [0.1, 0.15) is 30.1 Å². The summed E-state index contributed by atoms with van der Waals surface area (Å²) in [5, 5.41) is 3.97. The third-order valence-electron chi connectivity index (χ3n) is 2.99. The molecule has 0 aliphatic carbocycles. The Hall–Kier alpha value is -1.17. The molecule has 0 radical (unpaired) electrons. The molecule has 0 unspecified atom stereocenters. The van der Waals surface area contributed by atoms with Crippen LogP contribution in [0.3, 0.4) is 0 Å². The lowest BCUT2D eigenvalue weighted by molar-refractivity contribution is 0.309. The molecule has 0 bridgehead atoms. The summed E-state index contributed by atoms with van der Waals surface area (Å²) in [5.74, 6) is 0.613. The van der Waals surface area contributed by atoms with E-state index in [0.29, 0.717) is 30.1 Å². The average molecular weight is 326 g/mol. The predicted octanol–water partition coefficient (Wildman–Crippen LogP) is 3.62. The minimum Gasteiger partial charge on any atom is -0.477 e. The van der Waals surface area contributed by atoms with Crippen molar-refractivity contribution in [3.8, 4) is 5.88 Å². The van der Waals surface area contributed by atoms with Gasteiger partial charge in [-0.1, -0.05) is 25.4 Å². The molecule has 0 saturated heterocycles. The quantitative estimate of drug-likeness (QED) is 0.844. The van der Waals surface area contributed by atoms with Crippen LogP contribution in [0.15, 0.2) is 17.6 Å². The van der Waals surface area contributed by atoms with Gasteiger partial charge in [-0.05, 0) is 13.0 Å². The van der Waals surface area contributed by atoms with Crippen LogP contribution >= 0.6 is 22.9 Å². The average Bonchev–Trinajstić information content (AvgIpc) is 2.84. The molecule has 4 nitrogen and oxygen atoms in total. The highest BCUT2D eigenvalue weighted by molar-refractivity contribution is 7.09. The summed E-state index contributed by atoms with van der Waals surface area (Å²) in [7, 11) is 0. The predicted molar refractivity (Wildman–Crippen MR) is 87.3 cm³/mol. The van der Waals surface area contributed by atoms with Crippen LogP contribution in [-0.4, -0.2) is 22.6 Å². The van der Waals surface area contributed by atoms with Gasteiger partial charge < -0.3 is 10.1 Å². The van der Waals surface area contributed by atoms with E-state index < -0.39 is 0 Å². The van der Waals surface area contributed by atoms with Crippen molar-refractivity contribution in [3.05, 3.63) is 38.9 Å². The van der Waals surface area contributed by atoms with Crippen LogP contribution in [0.2, 0.25) is 5.02 Å². The van der Waals surface area contributed by atoms with Crippen molar-refractivity contribution in [2.24, 2.45) is 0 Å². The second-order valence-electron chi connectivity index (χ2n) is 5.07. The highest BCUT2D eigenvalue weighted by Gasteiger charge is 2.07. The largest absolute Gasteiger partial charge is 0.477 e. The second-order valence-corrected chi connectivity index (χ2v) is 6.42. The molecule has 0 spiro atoms. The number of rotatable bonds is 7. The first kappa shape index (κ1) is 16.2. The molecule has 2 rings (SSSR count). The molecule has 114 valence electrons. The van der Waals surface area contributed by atoms with Gasteiger partial charge in [-0.15, -0.1) is 11.3 Å². The molecule has 1 N–H and O–H groups in total. The lowest BCUT2D eigenvalue weighted by Gasteiger charge is -2.11. The third kappa shape index (κ3) is 4.95. The number of ether oxygens (including phenoxy) is 1. The van der Waals surface area contributed by atoms with Crippen LogP contribution in [-0.2, 0) is 13.0 Å². The van der Waals surface area contributed by atoms with E-state index in [1.165, 1.54) is 4.88 Å². The fourth-order valence-corrected chi connectivity index (χ4v) is 2.72. The van der Waals surface area contributed by atoms with Crippen LogP contribution in [0, 0.1) is 6.92 Å². The minimum atomic E-state index is 0.391. The number of hydrogen-bond donors (Lipinski definition) is 1. The zero-order valence-corrected chi connectivity index (χ0v) is 14.1. The van der Waals surface area contributed by atoms with E-state index in [9.17, 15) is 0 Å². The standard InChI is InChI=1S/C15H20ClN3OS/c1-10(2)17-8-13-12(16)4-5-15(19-13)20-7-6-14-11(3)18-9-21-14/h4-5,9-10,17H,6-8H2,1-3H3. The van der Waals surface area contributed by atoms with Gasteiger partial charge in [0.2, 0.25) is 5.88 Å². The van der Waals surface area contributed by atoms with E-state index in [0.717, 1.165) is 17.8 Å². The first-order valence-corrected chi connectivity index (χ1v) is 8.22. The number of nitrogens with one attached hydrogen (secondary N) is 1. The Labute approximate surface area is 134 Å². The Kier molecular flexibility index (Phi) is 5.96. The van der Waals surface area contributed by atoms with Crippen molar-refractivity contribution < 1.29 is 4.74 Å². The second kappa shape index (κ2) is 7.73. The van der Waals surface area contributed by atoms with E-state index in [4.69, 9.17) is 16.3 Å². The monoisotopic (exact) mass is 325 g/mol. The molecule has 0 fully saturated rings. The Morgan fingerprint density at radius 2 is 2.19 bits per heavy atom. The van der Waals surface area contributed by atoms with Crippen molar-refractivity contribution in [2.75, 3.05) is 6.61 Å². The molecule has 2 heterocycles. The molecule has 0 aliphatic heterocycles. The minimum absolute atomic E-state index is 0.391. The van der Waals surface area contributed by atoms with Gasteiger partial charge in [0.1, 0.15) is 0 Å². The first-order valence-electron chi connectivity index (χ1n) is 6.97. The van der Waals surface area contributed by atoms with Gasteiger partial charge in [0.25, 0.3) is 0 Å². The molecule has 0 amide bonds. The summed E-state index contributed by atoms with van der Waals surface area (Å²) < 4.78 is 5.72. The van der Waals surface area contributed by atoms with Crippen molar-refractivity contribution in [2.45, 2.75) is 39.8 Å². The summed E-state index contributed by atoms with van der Waals surface area (Å²) >= 11 is 7.81. The van der Waals surface area contributed by atoms with Crippen molar-refractivity contribution in [3.63, 3.8) is 0 Å². The molecular weight excluding hydrogens is 306 g/mol. The fraction of sp³-hybridized carbons (Fsp3) is 0.467. The molecule has 2 aromatic heterocycles. The molecule has 21 heavy (non-hydrogen) atoms. The molecule has 0 atom stereocenters. The summed E-state index contributed by atoms with van der Waals surface area (Å²) in [6.07, 6.45) is 0.848. The van der Waals surface area contributed by atoms with Gasteiger partial charge in [-0.2, -0.15) is 0 Å². The van der Waals surface area contributed by atoms with Crippen molar-refractivity contribution in [1.82, 2.24) is 15.3 Å². The van der Waals surface area contributed by atoms with E-state index in [-0.39, 0.29) is 0 Å². The lowest BCUT2D eigenvalue weighted by Crippen LogP contribution is -2.22. The maximum Gasteiger partial charge on any atom is 0.213 e. The number of halogens is 1. The summed E-state index contributed by atoms with van der Waals surface area (Å²) in [6, 6.07) is 4.03. The summed E-state index contributed by atoms with van der Waals surface area (Å²) in [5.41, 5.74) is 3.76. The van der Waals surface area contributed by atoms with E-state index in [1.54, 1.807) is 17.4 Å². The third-order valence-corrected chi connectivity index (χ3v) is 4.33. The number of thiazole rings is 1. The Morgan fingerprint density at radius 3 is 2.86 bits per heavy atom. The maximum atomic E-state index is 6.15. The van der Waals surface area contributed by atoms with Gasteiger partial charge in [0.15, 0.2) is 0 Å². The Balaban J connectivity index is 1.91. The molecule has 6 heteroatoms. The van der Waals surface area contributed by atoms with E-state index in [1.807, 2.05) is 18.5 Å². The van der Waals surface area contributed by atoms with Gasteiger partial charge in [-0.3, -0.25) is 0 Å². The van der Waals surface area contributed by atoms with Gasteiger partial charge in [0.05, 0.1) is 28.5 Å². The SMILES string of the molecule is Cc1ncsc1CCOc1ccc(Cl)c(CNC(C)C)n1. The Bertz CT molecular complexity index is 586.